The van der Waals surface area contributed by atoms with Crippen LogP contribution in [0, 0.1) is 0 Å². The lowest BCUT2D eigenvalue weighted by molar-refractivity contribution is 0.145. The Labute approximate surface area is 114 Å². The molecule has 19 heavy (non-hydrogen) atoms. The van der Waals surface area contributed by atoms with E-state index in [2.05, 4.69) is 17.0 Å². The highest BCUT2D eigenvalue weighted by molar-refractivity contribution is 5.20. The maximum atomic E-state index is 10.4. The molecule has 0 aliphatic carbocycles. The number of aromatic nitrogens is 3. The van der Waals surface area contributed by atoms with Crippen LogP contribution in [0.2, 0.25) is 0 Å². The van der Waals surface area contributed by atoms with E-state index in [9.17, 15) is 5.11 Å². The molecule has 0 saturated carbocycles. The van der Waals surface area contributed by atoms with Crippen molar-refractivity contribution < 1.29 is 5.11 Å². The van der Waals surface area contributed by atoms with Gasteiger partial charge in [0.1, 0.15) is 12.2 Å². The predicted octanol–water partition coefficient (Wildman–Crippen LogP) is 2.40. The number of rotatable bonds is 6. The average Bonchev–Trinajstić information content (AvgIpc) is 2.86. The summed E-state index contributed by atoms with van der Waals surface area (Å²) in [5.74, 6) is 0.949. The van der Waals surface area contributed by atoms with Crippen LogP contribution in [0.5, 0.6) is 0 Å². The number of aliphatic hydroxyl groups is 1. The highest BCUT2D eigenvalue weighted by atomic mass is 16.3. The molecule has 0 saturated heterocycles. The van der Waals surface area contributed by atoms with Gasteiger partial charge in [-0.15, -0.1) is 0 Å². The van der Waals surface area contributed by atoms with E-state index in [0.29, 0.717) is 6.42 Å². The maximum Gasteiger partial charge on any atom is 0.138 e. The average molecular weight is 259 g/mol. The van der Waals surface area contributed by atoms with Crippen molar-refractivity contribution in [3.8, 4) is 0 Å². The van der Waals surface area contributed by atoms with Gasteiger partial charge in [0, 0.05) is 18.9 Å². The topological polar surface area (TPSA) is 50.9 Å². The van der Waals surface area contributed by atoms with Gasteiger partial charge in [-0.25, -0.2) is 4.98 Å². The smallest absolute Gasteiger partial charge is 0.138 e. The van der Waals surface area contributed by atoms with Crippen LogP contribution in [0.15, 0.2) is 36.7 Å². The minimum Gasteiger partial charge on any atom is -0.392 e. The summed E-state index contributed by atoms with van der Waals surface area (Å²) < 4.78 is 1.88. The Kier molecular flexibility index (Phi) is 4.68. The molecule has 0 aliphatic rings. The molecular weight excluding hydrogens is 238 g/mol. The minimum atomic E-state index is -0.442. The van der Waals surface area contributed by atoms with Crippen LogP contribution >= 0.6 is 0 Å². The summed E-state index contributed by atoms with van der Waals surface area (Å²) in [6.07, 6.45) is 2.67. The van der Waals surface area contributed by atoms with Crippen molar-refractivity contribution in [2.75, 3.05) is 0 Å². The maximum absolute atomic E-state index is 10.4. The van der Waals surface area contributed by atoms with Crippen molar-refractivity contribution in [2.45, 2.75) is 45.3 Å². The molecule has 102 valence electrons. The zero-order valence-corrected chi connectivity index (χ0v) is 11.5. The Morgan fingerprint density at radius 2 is 2.00 bits per heavy atom. The zero-order valence-electron chi connectivity index (χ0n) is 11.5. The molecule has 2 rings (SSSR count). The zero-order chi connectivity index (χ0) is 13.7. The standard InChI is InChI=1S/C15H21N3O/c1-3-9-18-15(16-11-17-18)10-14(19)12(2)13-7-5-4-6-8-13/h4-8,11-12,14,19H,3,9-10H2,1-2H3. The first-order valence-electron chi connectivity index (χ1n) is 6.82. The van der Waals surface area contributed by atoms with E-state index >= 15 is 0 Å². The second kappa shape index (κ2) is 6.48. The molecule has 1 aromatic heterocycles. The molecule has 2 atom stereocenters. The molecule has 0 bridgehead atoms. The largest absolute Gasteiger partial charge is 0.392 e. The van der Waals surface area contributed by atoms with E-state index in [1.807, 2.05) is 41.9 Å². The van der Waals surface area contributed by atoms with Gasteiger partial charge >= 0.3 is 0 Å². The molecule has 1 heterocycles. The van der Waals surface area contributed by atoms with E-state index in [-0.39, 0.29) is 5.92 Å². The lowest BCUT2D eigenvalue weighted by Gasteiger charge is -2.19. The molecule has 2 unspecified atom stereocenters. The van der Waals surface area contributed by atoms with Crippen LogP contribution in [0.4, 0.5) is 0 Å². The molecule has 1 N–H and O–H groups in total. The quantitative estimate of drug-likeness (QED) is 0.866. The normalized spacial score (nSPS) is 14.3. The van der Waals surface area contributed by atoms with Crippen molar-refractivity contribution in [1.29, 1.82) is 0 Å². The molecule has 2 aromatic rings. The summed E-state index contributed by atoms with van der Waals surface area (Å²) in [5.41, 5.74) is 1.15. The van der Waals surface area contributed by atoms with E-state index in [1.165, 1.54) is 0 Å². The molecule has 4 heteroatoms. The first kappa shape index (κ1) is 13.7. The van der Waals surface area contributed by atoms with Crippen LogP contribution in [0.25, 0.3) is 0 Å². The fourth-order valence-electron chi connectivity index (χ4n) is 2.19. The Morgan fingerprint density at radius 3 is 2.68 bits per heavy atom. The highest BCUT2D eigenvalue weighted by Gasteiger charge is 2.19. The lowest BCUT2D eigenvalue weighted by atomic mass is 9.93. The summed E-state index contributed by atoms with van der Waals surface area (Å²) in [6.45, 7) is 5.00. The van der Waals surface area contributed by atoms with Crippen LogP contribution in [0.1, 0.15) is 37.6 Å². The molecule has 0 fully saturated rings. The fraction of sp³-hybridized carbons (Fsp3) is 0.467. The summed E-state index contributed by atoms with van der Waals surface area (Å²) in [6, 6.07) is 10.1. The van der Waals surface area contributed by atoms with Gasteiger partial charge < -0.3 is 5.11 Å². The van der Waals surface area contributed by atoms with E-state index in [0.717, 1.165) is 24.4 Å². The first-order valence-corrected chi connectivity index (χ1v) is 6.82. The van der Waals surface area contributed by atoms with Gasteiger partial charge in [-0.2, -0.15) is 5.10 Å². The second-order valence-electron chi connectivity index (χ2n) is 4.87. The van der Waals surface area contributed by atoms with Crippen LogP contribution in [0.3, 0.4) is 0 Å². The monoisotopic (exact) mass is 259 g/mol. The summed E-state index contributed by atoms with van der Waals surface area (Å²) in [7, 11) is 0. The van der Waals surface area contributed by atoms with Gasteiger partial charge in [-0.3, -0.25) is 4.68 Å². The van der Waals surface area contributed by atoms with Crippen molar-refractivity contribution in [3.05, 3.63) is 48.0 Å². The Bertz CT molecular complexity index is 495. The third-order valence-electron chi connectivity index (χ3n) is 3.43. The van der Waals surface area contributed by atoms with Crippen LogP contribution in [-0.2, 0) is 13.0 Å². The van der Waals surface area contributed by atoms with Gasteiger partial charge in [-0.05, 0) is 12.0 Å². The van der Waals surface area contributed by atoms with Crippen molar-refractivity contribution >= 4 is 0 Å². The highest BCUT2D eigenvalue weighted by Crippen LogP contribution is 2.21. The molecule has 4 nitrogen and oxygen atoms in total. The number of nitrogens with zero attached hydrogens (tertiary/aromatic N) is 3. The lowest BCUT2D eigenvalue weighted by Crippen LogP contribution is -2.21. The third-order valence-corrected chi connectivity index (χ3v) is 3.43. The molecule has 0 spiro atoms. The van der Waals surface area contributed by atoms with Crippen molar-refractivity contribution in [1.82, 2.24) is 14.8 Å². The molecule has 1 aromatic carbocycles. The number of aryl methyl sites for hydroxylation is 1. The molecule has 0 aliphatic heterocycles. The van der Waals surface area contributed by atoms with Crippen LogP contribution in [-0.4, -0.2) is 26.0 Å². The second-order valence-corrected chi connectivity index (χ2v) is 4.87. The van der Waals surface area contributed by atoms with E-state index < -0.39 is 6.10 Å². The summed E-state index contributed by atoms with van der Waals surface area (Å²) >= 11 is 0. The van der Waals surface area contributed by atoms with Gasteiger partial charge in [-0.1, -0.05) is 44.2 Å². The van der Waals surface area contributed by atoms with Gasteiger partial charge in [0.15, 0.2) is 0 Å². The van der Waals surface area contributed by atoms with E-state index in [1.54, 1.807) is 6.33 Å². The summed E-state index contributed by atoms with van der Waals surface area (Å²) in [5, 5.41) is 14.5. The number of aliphatic hydroxyl groups excluding tert-OH is 1. The predicted molar refractivity (Wildman–Crippen MR) is 74.9 cm³/mol. The summed E-state index contributed by atoms with van der Waals surface area (Å²) in [4.78, 5) is 4.24. The Morgan fingerprint density at radius 1 is 1.26 bits per heavy atom. The van der Waals surface area contributed by atoms with Crippen LogP contribution < -0.4 is 0 Å². The SMILES string of the molecule is CCCn1ncnc1CC(O)C(C)c1ccccc1. The fourth-order valence-corrected chi connectivity index (χ4v) is 2.19. The van der Waals surface area contributed by atoms with Crippen molar-refractivity contribution in [3.63, 3.8) is 0 Å². The molecular formula is C15H21N3O. The third kappa shape index (κ3) is 3.41. The van der Waals surface area contributed by atoms with E-state index in [4.69, 9.17) is 0 Å². The minimum absolute atomic E-state index is 0.0907. The van der Waals surface area contributed by atoms with Gasteiger partial charge in [0.2, 0.25) is 0 Å². The van der Waals surface area contributed by atoms with Crippen molar-refractivity contribution in [2.24, 2.45) is 0 Å². The Hall–Kier alpha value is -1.68. The first-order chi connectivity index (χ1) is 9.22. The number of benzene rings is 1. The molecule has 0 radical (unpaired) electrons. The Balaban J connectivity index is 2.04. The number of hydrogen-bond donors (Lipinski definition) is 1. The number of hydrogen-bond acceptors (Lipinski definition) is 3. The van der Waals surface area contributed by atoms with Gasteiger partial charge in [0.05, 0.1) is 6.10 Å². The van der Waals surface area contributed by atoms with Gasteiger partial charge in [0.25, 0.3) is 0 Å². The molecule has 0 amide bonds.